The number of nitrogens with zero attached hydrogens (tertiary/aromatic N) is 3. The fourth-order valence-electron chi connectivity index (χ4n) is 4.59. The van der Waals surface area contributed by atoms with Crippen molar-refractivity contribution in [3.63, 3.8) is 0 Å². The highest BCUT2D eigenvalue weighted by atomic mass is 79.9. The lowest BCUT2D eigenvalue weighted by Gasteiger charge is -2.11. The van der Waals surface area contributed by atoms with Crippen molar-refractivity contribution >= 4 is 55.6 Å². The number of carbonyl (C=O) groups excluding carboxylic acids is 1. The maximum Gasteiger partial charge on any atom is 0.282 e. The SMILES string of the molecule is COc1cccc2oc(-c3nc4ccccc4c(=O)n3N=Cc3ccc(OCC(=O)Nc4ccccc4C)c(Br)c3)cc12. The minimum absolute atomic E-state index is 0.163. The van der Waals surface area contributed by atoms with Crippen LogP contribution in [0.1, 0.15) is 11.1 Å². The highest BCUT2D eigenvalue weighted by molar-refractivity contribution is 9.10. The Bertz CT molecular complexity index is 2080. The molecule has 0 atom stereocenters. The lowest BCUT2D eigenvalue weighted by Crippen LogP contribution is -2.20. The first kappa shape index (κ1) is 27.9. The Morgan fingerprint density at radius 2 is 1.81 bits per heavy atom. The number of aryl methyl sites for hydroxylation is 1. The number of fused-ring (bicyclic) bond motifs is 2. The van der Waals surface area contributed by atoms with Gasteiger partial charge in [0.25, 0.3) is 11.5 Å². The van der Waals surface area contributed by atoms with Crippen molar-refractivity contribution < 1.29 is 18.7 Å². The molecule has 0 fully saturated rings. The van der Waals surface area contributed by atoms with E-state index in [9.17, 15) is 9.59 Å². The minimum atomic E-state index is -0.344. The molecule has 43 heavy (non-hydrogen) atoms. The fraction of sp³-hybridized carbons (Fsp3) is 0.0909. The first-order valence-electron chi connectivity index (χ1n) is 13.3. The average molecular weight is 637 g/mol. The number of halogens is 1. The predicted octanol–water partition coefficient (Wildman–Crippen LogP) is 6.79. The topological polar surface area (TPSA) is 108 Å². The summed E-state index contributed by atoms with van der Waals surface area (Å²) in [4.78, 5) is 30.7. The van der Waals surface area contributed by atoms with Crippen LogP contribution in [0.2, 0.25) is 0 Å². The van der Waals surface area contributed by atoms with Gasteiger partial charge in [-0.05, 0) is 88.6 Å². The number of furan rings is 1. The highest BCUT2D eigenvalue weighted by Gasteiger charge is 2.18. The van der Waals surface area contributed by atoms with E-state index in [-0.39, 0.29) is 23.9 Å². The van der Waals surface area contributed by atoms with Gasteiger partial charge in [-0.3, -0.25) is 9.59 Å². The van der Waals surface area contributed by atoms with Gasteiger partial charge in [-0.15, -0.1) is 0 Å². The number of ether oxygens (including phenoxy) is 2. The van der Waals surface area contributed by atoms with Crippen LogP contribution in [0.3, 0.4) is 0 Å². The Labute approximate surface area is 254 Å². The summed E-state index contributed by atoms with van der Waals surface area (Å²) in [5.41, 5.74) is 3.16. The second-order valence-corrected chi connectivity index (χ2v) is 10.5. The van der Waals surface area contributed by atoms with Gasteiger partial charge in [-0.25, -0.2) is 4.98 Å². The van der Waals surface area contributed by atoms with Crippen LogP contribution in [0, 0.1) is 6.92 Å². The lowest BCUT2D eigenvalue weighted by atomic mass is 10.2. The number of rotatable bonds is 8. The number of methoxy groups -OCH3 is 1. The molecule has 6 aromatic rings. The summed E-state index contributed by atoms with van der Waals surface area (Å²) in [6, 6.07) is 27.2. The molecule has 0 saturated heterocycles. The number of hydrogen-bond donors (Lipinski definition) is 1. The number of para-hydroxylation sites is 2. The zero-order chi connectivity index (χ0) is 29.9. The first-order chi connectivity index (χ1) is 20.9. The number of benzene rings is 4. The summed E-state index contributed by atoms with van der Waals surface area (Å²) >= 11 is 3.51. The third kappa shape index (κ3) is 5.77. The van der Waals surface area contributed by atoms with Crippen molar-refractivity contribution in [2.75, 3.05) is 19.0 Å². The number of nitrogens with one attached hydrogen (secondary N) is 1. The Hall–Kier alpha value is -5.22. The van der Waals surface area contributed by atoms with E-state index in [4.69, 9.17) is 18.9 Å². The number of carbonyl (C=O) groups is 1. The van der Waals surface area contributed by atoms with Gasteiger partial charge in [0.15, 0.2) is 12.4 Å². The maximum atomic E-state index is 13.6. The molecule has 0 spiro atoms. The quantitative estimate of drug-likeness (QED) is 0.184. The monoisotopic (exact) mass is 636 g/mol. The van der Waals surface area contributed by atoms with Crippen LogP contribution < -0.4 is 20.3 Å². The normalized spacial score (nSPS) is 11.3. The van der Waals surface area contributed by atoms with Crippen molar-refractivity contribution in [3.8, 4) is 23.1 Å². The van der Waals surface area contributed by atoms with E-state index >= 15 is 0 Å². The Balaban J connectivity index is 1.28. The van der Waals surface area contributed by atoms with E-state index < -0.39 is 0 Å². The van der Waals surface area contributed by atoms with E-state index in [0.29, 0.717) is 43.8 Å². The number of aromatic nitrogens is 2. The van der Waals surface area contributed by atoms with Gasteiger partial charge in [0.05, 0.1) is 34.1 Å². The summed E-state index contributed by atoms with van der Waals surface area (Å²) in [6.45, 7) is 1.76. The molecule has 0 aliphatic heterocycles. The standard InChI is InChI=1S/C33H25BrN4O5/c1-20-8-3-5-10-25(20)36-31(39)19-42-29-15-14-21(16-24(29)34)18-35-38-32(37-26-11-6-4-9-22(26)33(38)40)30-17-23-27(41-2)12-7-13-28(23)43-30/h3-18H,19H2,1-2H3,(H,36,39). The highest BCUT2D eigenvalue weighted by Crippen LogP contribution is 2.33. The zero-order valence-electron chi connectivity index (χ0n) is 23.2. The molecular weight excluding hydrogens is 612 g/mol. The van der Waals surface area contributed by atoms with E-state index in [2.05, 4.69) is 26.3 Å². The van der Waals surface area contributed by atoms with E-state index in [1.54, 1.807) is 55.8 Å². The summed E-state index contributed by atoms with van der Waals surface area (Å²) in [7, 11) is 1.59. The largest absolute Gasteiger partial charge is 0.496 e. The van der Waals surface area contributed by atoms with Gasteiger partial charge in [-0.2, -0.15) is 9.78 Å². The second kappa shape index (κ2) is 11.9. The van der Waals surface area contributed by atoms with Crippen LogP contribution in [-0.4, -0.2) is 35.5 Å². The Kier molecular flexibility index (Phi) is 7.76. The minimum Gasteiger partial charge on any atom is -0.496 e. The molecule has 0 unspecified atom stereocenters. The molecule has 0 bridgehead atoms. The van der Waals surface area contributed by atoms with Gasteiger partial charge in [0.2, 0.25) is 5.82 Å². The predicted molar refractivity (Wildman–Crippen MR) is 170 cm³/mol. The molecular formula is C33H25BrN4O5. The van der Waals surface area contributed by atoms with E-state index in [1.165, 1.54) is 4.68 Å². The number of hydrogen-bond acceptors (Lipinski definition) is 7. The molecule has 4 aromatic carbocycles. The third-order valence-corrected chi connectivity index (χ3v) is 7.39. The molecule has 6 rings (SSSR count). The smallest absolute Gasteiger partial charge is 0.282 e. The summed E-state index contributed by atoms with van der Waals surface area (Å²) < 4.78 is 19.1. The molecule has 1 N–H and O–H groups in total. The first-order valence-corrected chi connectivity index (χ1v) is 14.1. The molecule has 2 aromatic heterocycles. The lowest BCUT2D eigenvalue weighted by molar-refractivity contribution is -0.118. The van der Waals surface area contributed by atoms with Crippen molar-refractivity contribution in [2.24, 2.45) is 5.10 Å². The van der Waals surface area contributed by atoms with Crippen LogP contribution >= 0.6 is 15.9 Å². The third-order valence-electron chi connectivity index (χ3n) is 6.77. The summed E-state index contributed by atoms with van der Waals surface area (Å²) in [6.07, 6.45) is 1.55. The van der Waals surface area contributed by atoms with Crippen LogP contribution in [0.4, 0.5) is 5.69 Å². The van der Waals surface area contributed by atoms with Gasteiger partial charge in [0.1, 0.15) is 17.1 Å². The van der Waals surface area contributed by atoms with E-state index in [0.717, 1.165) is 16.6 Å². The molecule has 2 heterocycles. The molecule has 0 aliphatic carbocycles. The van der Waals surface area contributed by atoms with Crippen LogP contribution in [0.25, 0.3) is 33.5 Å². The van der Waals surface area contributed by atoms with Gasteiger partial charge in [0, 0.05) is 5.69 Å². The fourth-order valence-corrected chi connectivity index (χ4v) is 5.11. The molecule has 0 radical (unpaired) electrons. The van der Waals surface area contributed by atoms with Gasteiger partial charge in [-0.1, -0.05) is 36.4 Å². The number of anilines is 1. The molecule has 214 valence electrons. The zero-order valence-corrected chi connectivity index (χ0v) is 24.8. The van der Waals surface area contributed by atoms with Crippen LogP contribution in [-0.2, 0) is 4.79 Å². The summed E-state index contributed by atoms with van der Waals surface area (Å²) in [5, 5.41) is 8.54. The van der Waals surface area contributed by atoms with Gasteiger partial charge >= 0.3 is 0 Å². The van der Waals surface area contributed by atoms with Crippen LogP contribution in [0.15, 0.2) is 110 Å². The molecule has 10 heteroatoms. The Morgan fingerprint density at radius 3 is 2.63 bits per heavy atom. The van der Waals surface area contributed by atoms with Crippen molar-refractivity contribution in [3.05, 3.63) is 117 Å². The van der Waals surface area contributed by atoms with Crippen molar-refractivity contribution in [2.45, 2.75) is 6.92 Å². The van der Waals surface area contributed by atoms with E-state index in [1.807, 2.05) is 55.5 Å². The Morgan fingerprint density at radius 1 is 1.00 bits per heavy atom. The molecule has 9 nitrogen and oxygen atoms in total. The molecule has 1 amide bonds. The molecule has 0 saturated carbocycles. The number of amides is 1. The van der Waals surface area contributed by atoms with Gasteiger partial charge < -0.3 is 19.2 Å². The second-order valence-electron chi connectivity index (χ2n) is 9.64. The van der Waals surface area contributed by atoms with Crippen LogP contribution in [0.5, 0.6) is 11.5 Å². The van der Waals surface area contributed by atoms with Crippen molar-refractivity contribution in [1.29, 1.82) is 0 Å². The summed E-state index contributed by atoms with van der Waals surface area (Å²) in [5.74, 6) is 1.47. The molecule has 0 aliphatic rings. The average Bonchev–Trinajstić information content (AvgIpc) is 3.46. The van der Waals surface area contributed by atoms with Crippen molar-refractivity contribution in [1.82, 2.24) is 9.66 Å². The maximum absolute atomic E-state index is 13.6.